The zero-order valence-corrected chi connectivity index (χ0v) is 20.2. The highest BCUT2D eigenvalue weighted by Gasteiger charge is 2.34. The topological polar surface area (TPSA) is 55.9 Å². The number of fused-ring (bicyclic) bond motifs is 3. The number of nitrogens with zero attached hydrogens (tertiary/aromatic N) is 3. The van der Waals surface area contributed by atoms with E-state index in [1.54, 1.807) is 4.90 Å². The van der Waals surface area contributed by atoms with Gasteiger partial charge in [-0.2, -0.15) is 0 Å². The Labute approximate surface area is 202 Å². The molecule has 3 aliphatic heterocycles. The molecule has 2 fully saturated rings. The Morgan fingerprint density at radius 2 is 1.79 bits per heavy atom. The molecule has 2 aromatic carbocycles. The Kier molecular flexibility index (Phi) is 6.86. The largest absolute Gasteiger partial charge is 0.366 e. The van der Waals surface area contributed by atoms with Crippen molar-refractivity contribution in [2.24, 2.45) is 5.92 Å². The number of piperidine rings is 1. The van der Waals surface area contributed by atoms with E-state index in [4.69, 9.17) is 0 Å². The van der Waals surface area contributed by atoms with Crippen molar-refractivity contribution in [2.45, 2.75) is 44.6 Å². The second kappa shape index (κ2) is 10.2. The van der Waals surface area contributed by atoms with Crippen molar-refractivity contribution in [2.75, 3.05) is 49.6 Å². The fourth-order valence-corrected chi connectivity index (χ4v) is 5.81. The fourth-order valence-electron chi connectivity index (χ4n) is 5.81. The summed E-state index contributed by atoms with van der Waals surface area (Å²) < 4.78 is 0. The average molecular weight is 461 g/mol. The SMILES string of the molecule is CN1C(=O)CC2CCCN2c2ccc(C(=O)NCCN3CCC(Cc4ccccc4)CC3)cc21. The molecule has 0 spiro atoms. The quantitative estimate of drug-likeness (QED) is 0.714. The number of hydrogen-bond acceptors (Lipinski definition) is 4. The maximum atomic E-state index is 12.9. The standard InChI is InChI=1S/C28H36N4O2/c1-30-26-19-23(9-10-25(26)32-14-5-8-24(32)20-27(30)33)28(34)29-13-17-31-15-11-22(12-16-31)18-21-6-3-2-4-7-21/h2-4,6-7,9-10,19,22,24H,5,8,11-18,20H2,1H3,(H,29,34). The zero-order valence-electron chi connectivity index (χ0n) is 20.2. The van der Waals surface area contributed by atoms with Gasteiger partial charge in [-0.25, -0.2) is 0 Å². The molecule has 180 valence electrons. The van der Waals surface area contributed by atoms with E-state index in [2.05, 4.69) is 45.4 Å². The highest BCUT2D eigenvalue weighted by Crippen LogP contribution is 2.39. The Morgan fingerprint density at radius 1 is 1.00 bits per heavy atom. The number of benzene rings is 2. The molecule has 0 radical (unpaired) electrons. The van der Waals surface area contributed by atoms with Crippen LogP contribution in [-0.2, 0) is 11.2 Å². The summed E-state index contributed by atoms with van der Waals surface area (Å²) in [6.45, 7) is 4.68. The Morgan fingerprint density at radius 3 is 2.59 bits per heavy atom. The molecule has 34 heavy (non-hydrogen) atoms. The average Bonchev–Trinajstić information content (AvgIpc) is 3.29. The number of hydrogen-bond donors (Lipinski definition) is 1. The Hall–Kier alpha value is -2.86. The van der Waals surface area contributed by atoms with Crippen LogP contribution in [0.5, 0.6) is 0 Å². The Bertz CT molecular complexity index is 1020. The van der Waals surface area contributed by atoms with Crippen LogP contribution in [0.15, 0.2) is 48.5 Å². The number of nitrogens with one attached hydrogen (secondary N) is 1. The third-order valence-corrected chi connectivity index (χ3v) is 7.86. The number of rotatable bonds is 6. The lowest BCUT2D eigenvalue weighted by atomic mass is 9.90. The van der Waals surface area contributed by atoms with Gasteiger partial charge in [0.25, 0.3) is 5.91 Å². The van der Waals surface area contributed by atoms with Gasteiger partial charge in [-0.05, 0) is 74.9 Å². The summed E-state index contributed by atoms with van der Waals surface area (Å²) in [6, 6.07) is 16.9. The van der Waals surface area contributed by atoms with Crippen molar-refractivity contribution in [3.05, 3.63) is 59.7 Å². The third kappa shape index (κ3) is 4.97. The van der Waals surface area contributed by atoms with Gasteiger partial charge in [-0.15, -0.1) is 0 Å². The van der Waals surface area contributed by atoms with Gasteiger partial charge in [0.1, 0.15) is 0 Å². The third-order valence-electron chi connectivity index (χ3n) is 7.86. The van der Waals surface area contributed by atoms with Crippen LogP contribution in [-0.4, -0.2) is 62.5 Å². The van der Waals surface area contributed by atoms with E-state index >= 15 is 0 Å². The maximum Gasteiger partial charge on any atom is 0.251 e. The van der Waals surface area contributed by atoms with Gasteiger partial charge in [0, 0.05) is 44.7 Å². The molecule has 3 aliphatic rings. The van der Waals surface area contributed by atoms with Gasteiger partial charge < -0.3 is 20.0 Å². The maximum absolute atomic E-state index is 12.9. The summed E-state index contributed by atoms with van der Waals surface area (Å²) in [6.07, 6.45) is 6.32. The first-order chi connectivity index (χ1) is 16.6. The van der Waals surface area contributed by atoms with Gasteiger partial charge in [-0.3, -0.25) is 9.59 Å². The first-order valence-corrected chi connectivity index (χ1v) is 12.8. The first-order valence-electron chi connectivity index (χ1n) is 12.8. The molecule has 2 aromatic rings. The van der Waals surface area contributed by atoms with Crippen LogP contribution in [0, 0.1) is 5.92 Å². The lowest BCUT2D eigenvalue weighted by molar-refractivity contribution is -0.118. The van der Waals surface area contributed by atoms with E-state index in [0.717, 1.165) is 56.3 Å². The van der Waals surface area contributed by atoms with E-state index in [-0.39, 0.29) is 17.9 Å². The fraction of sp³-hybridized carbons (Fsp3) is 0.500. The number of amides is 2. The van der Waals surface area contributed by atoms with Crippen molar-refractivity contribution in [1.82, 2.24) is 10.2 Å². The number of carbonyl (C=O) groups excluding carboxylic acids is 2. The van der Waals surface area contributed by atoms with Crippen molar-refractivity contribution >= 4 is 23.2 Å². The molecule has 6 nitrogen and oxygen atoms in total. The van der Waals surface area contributed by atoms with Crippen LogP contribution in [0.25, 0.3) is 0 Å². The molecule has 2 amide bonds. The monoisotopic (exact) mass is 460 g/mol. The number of anilines is 2. The molecule has 6 heteroatoms. The van der Waals surface area contributed by atoms with Crippen molar-refractivity contribution < 1.29 is 9.59 Å². The lowest BCUT2D eigenvalue weighted by Crippen LogP contribution is -2.40. The van der Waals surface area contributed by atoms with Gasteiger partial charge >= 0.3 is 0 Å². The molecular formula is C28H36N4O2. The molecule has 0 aliphatic carbocycles. The van der Waals surface area contributed by atoms with Crippen molar-refractivity contribution in [3.8, 4) is 0 Å². The van der Waals surface area contributed by atoms with E-state index in [9.17, 15) is 9.59 Å². The molecule has 1 N–H and O–H groups in total. The van der Waals surface area contributed by atoms with Gasteiger partial charge in [0.15, 0.2) is 0 Å². The molecule has 3 heterocycles. The molecule has 2 saturated heterocycles. The Balaban J connectivity index is 1.12. The second-order valence-corrected chi connectivity index (χ2v) is 10.1. The van der Waals surface area contributed by atoms with Gasteiger partial charge in [-0.1, -0.05) is 30.3 Å². The molecule has 1 atom stereocenters. The van der Waals surface area contributed by atoms with Crippen molar-refractivity contribution in [3.63, 3.8) is 0 Å². The van der Waals surface area contributed by atoms with E-state index < -0.39 is 0 Å². The molecule has 5 rings (SSSR count). The summed E-state index contributed by atoms with van der Waals surface area (Å²) in [4.78, 5) is 32.1. The molecule has 0 bridgehead atoms. The molecular weight excluding hydrogens is 424 g/mol. The summed E-state index contributed by atoms with van der Waals surface area (Å²) in [5.74, 6) is 0.816. The van der Waals surface area contributed by atoms with E-state index in [1.165, 1.54) is 24.8 Å². The zero-order chi connectivity index (χ0) is 23.5. The highest BCUT2D eigenvalue weighted by atomic mass is 16.2. The van der Waals surface area contributed by atoms with Gasteiger partial charge in [0.05, 0.1) is 11.4 Å². The molecule has 0 aromatic heterocycles. The first kappa shape index (κ1) is 22.9. The summed E-state index contributed by atoms with van der Waals surface area (Å²) in [7, 11) is 1.83. The predicted octanol–water partition coefficient (Wildman–Crippen LogP) is 3.71. The minimum Gasteiger partial charge on any atom is -0.366 e. The van der Waals surface area contributed by atoms with Crippen LogP contribution < -0.4 is 15.1 Å². The van der Waals surface area contributed by atoms with Crippen molar-refractivity contribution in [1.29, 1.82) is 0 Å². The normalized spacial score (nSPS) is 21.2. The number of carbonyl (C=O) groups is 2. The molecule has 0 saturated carbocycles. The van der Waals surface area contributed by atoms with Crippen LogP contribution in [0.1, 0.15) is 48.0 Å². The number of likely N-dealkylation sites (tertiary alicyclic amines) is 1. The van der Waals surface area contributed by atoms with Crippen LogP contribution in [0.2, 0.25) is 0 Å². The van der Waals surface area contributed by atoms with E-state index in [0.29, 0.717) is 18.5 Å². The van der Waals surface area contributed by atoms with Crippen LogP contribution >= 0.6 is 0 Å². The van der Waals surface area contributed by atoms with Crippen LogP contribution in [0.3, 0.4) is 0 Å². The predicted molar refractivity (Wildman–Crippen MR) is 136 cm³/mol. The van der Waals surface area contributed by atoms with Crippen LogP contribution in [0.4, 0.5) is 11.4 Å². The smallest absolute Gasteiger partial charge is 0.251 e. The summed E-state index contributed by atoms with van der Waals surface area (Å²) in [5, 5.41) is 3.09. The summed E-state index contributed by atoms with van der Waals surface area (Å²) in [5.41, 5.74) is 3.98. The highest BCUT2D eigenvalue weighted by molar-refractivity contribution is 6.02. The molecule has 1 unspecified atom stereocenters. The van der Waals surface area contributed by atoms with E-state index in [1.807, 2.05) is 25.2 Å². The van der Waals surface area contributed by atoms with Gasteiger partial charge in [0.2, 0.25) is 5.91 Å². The minimum absolute atomic E-state index is 0.0650. The minimum atomic E-state index is -0.0650. The second-order valence-electron chi connectivity index (χ2n) is 10.1. The summed E-state index contributed by atoms with van der Waals surface area (Å²) >= 11 is 0. The lowest BCUT2D eigenvalue weighted by Gasteiger charge is -2.32.